The number of fused-ring (bicyclic) bond motifs is 1. The summed E-state index contributed by atoms with van der Waals surface area (Å²) in [6, 6.07) is -1.03. The van der Waals surface area contributed by atoms with Gasteiger partial charge in [0.05, 0.1) is 6.54 Å². The topological polar surface area (TPSA) is 90.0 Å². The van der Waals surface area contributed by atoms with Crippen molar-refractivity contribution in [3.8, 4) is 25.2 Å². The lowest BCUT2D eigenvalue weighted by atomic mass is 10.2. The fraction of sp³-hybridized carbons (Fsp3) is 0.611. The maximum absolute atomic E-state index is 11.4. The fourth-order valence-corrected chi connectivity index (χ4v) is 3.66. The summed E-state index contributed by atoms with van der Waals surface area (Å²) in [7, 11) is 0. The standard InChI is InChI=1S/C8H12N2O3S.C6H9NO.C2H6.C2H2/c1-8(2)3-10-5(14-8)4(6(11)12)9-7(10)13;1-3-5-7(4-2)6-8;2*1-2/h4-5H,3H2,1-2H3,(H,9,13)(H,11,12);1,6H,4-5H2,2H3;1-2H3;1-2H/t4-,5+;;;/m0.../s1. The summed E-state index contributed by atoms with van der Waals surface area (Å²) in [6.07, 6.45) is 13.7. The number of carbonyl (C=O) groups excluding carboxylic acids is 2. The van der Waals surface area contributed by atoms with Crippen LogP contribution in [0.1, 0.15) is 34.6 Å². The van der Waals surface area contributed by atoms with E-state index in [-0.39, 0.29) is 16.2 Å². The predicted molar refractivity (Wildman–Crippen MR) is 106 cm³/mol. The van der Waals surface area contributed by atoms with Gasteiger partial charge in [0, 0.05) is 17.8 Å². The molecule has 0 aromatic heterocycles. The Morgan fingerprint density at radius 2 is 2.04 bits per heavy atom. The zero-order valence-corrected chi connectivity index (χ0v) is 16.9. The third-order valence-corrected chi connectivity index (χ3v) is 4.77. The van der Waals surface area contributed by atoms with Gasteiger partial charge in [-0.15, -0.1) is 31.0 Å². The largest absolute Gasteiger partial charge is 0.480 e. The summed E-state index contributed by atoms with van der Waals surface area (Å²) in [5.74, 6) is 1.40. The maximum atomic E-state index is 11.4. The molecule has 0 aliphatic carbocycles. The molecule has 8 heteroatoms. The number of carboxylic acids is 1. The van der Waals surface area contributed by atoms with Crippen LogP contribution in [0.2, 0.25) is 0 Å². The highest BCUT2D eigenvalue weighted by molar-refractivity contribution is 8.01. The SMILES string of the molecule is C#C.C#CCN(C=O)CC.CC.CC1(C)CN2C(=O)N[C@H](C(=O)O)[C@H]2S1. The molecular formula is C18H29N3O4S. The molecular weight excluding hydrogens is 354 g/mol. The Kier molecular flexibility index (Phi) is 12.9. The van der Waals surface area contributed by atoms with E-state index in [2.05, 4.69) is 24.1 Å². The number of terminal acetylenes is 2. The van der Waals surface area contributed by atoms with E-state index < -0.39 is 12.0 Å². The molecule has 0 aromatic carbocycles. The normalized spacial score (nSPS) is 21.0. The van der Waals surface area contributed by atoms with Gasteiger partial charge in [-0.2, -0.15) is 0 Å². The van der Waals surface area contributed by atoms with Crippen LogP contribution >= 0.6 is 11.8 Å². The zero-order chi connectivity index (χ0) is 20.9. The lowest BCUT2D eigenvalue weighted by Crippen LogP contribution is -2.38. The minimum Gasteiger partial charge on any atom is -0.480 e. The molecule has 2 N–H and O–H groups in total. The summed E-state index contributed by atoms with van der Waals surface area (Å²) in [5.41, 5.74) is 0. The minimum atomic E-state index is -0.962. The number of thioether (sulfide) groups is 1. The molecule has 0 radical (unpaired) electrons. The van der Waals surface area contributed by atoms with Gasteiger partial charge in [0.1, 0.15) is 5.37 Å². The van der Waals surface area contributed by atoms with Crippen molar-refractivity contribution in [3.63, 3.8) is 0 Å². The van der Waals surface area contributed by atoms with Gasteiger partial charge in [-0.25, -0.2) is 9.59 Å². The summed E-state index contributed by atoms with van der Waals surface area (Å²) in [5, 5.41) is 11.1. The Balaban J connectivity index is 0. The Hall–Kier alpha value is -2.32. The van der Waals surface area contributed by atoms with Crippen LogP contribution < -0.4 is 5.32 Å². The van der Waals surface area contributed by atoms with Crippen molar-refractivity contribution >= 4 is 30.2 Å². The third kappa shape index (κ3) is 7.71. The number of amides is 3. The Morgan fingerprint density at radius 3 is 2.38 bits per heavy atom. The van der Waals surface area contributed by atoms with Gasteiger partial charge in [-0.05, 0) is 20.8 Å². The van der Waals surface area contributed by atoms with Gasteiger partial charge >= 0.3 is 12.0 Å². The Bertz CT molecular complexity index is 528. The highest BCUT2D eigenvalue weighted by Gasteiger charge is 2.52. The smallest absolute Gasteiger partial charge is 0.329 e. The molecule has 2 heterocycles. The van der Waals surface area contributed by atoms with Gasteiger partial charge in [-0.3, -0.25) is 4.79 Å². The summed E-state index contributed by atoms with van der Waals surface area (Å²) in [4.78, 5) is 35.3. The van der Waals surface area contributed by atoms with Crippen molar-refractivity contribution in [1.82, 2.24) is 15.1 Å². The number of nitrogens with one attached hydrogen (secondary N) is 1. The quantitative estimate of drug-likeness (QED) is 0.570. The molecule has 0 unspecified atom stereocenters. The van der Waals surface area contributed by atoms with Crippen molar-refractivity contribution < 1.29 is 19.5 Å². The molecule has 2 aliphatic rings. The number of aliphatic carboxylic acids is 1. The van der Waals surface area contributed by atoms with E-state index in [9.17, 15) is 14.4 Å². The molecule has 0 bridgehead atoms. The van der Waals surface area contributed by atoms with Gasteiger partial charge in [0.15, 0.2) is 6.04 Å². The third-order valence-electron chi connectivity index (χ3n) is 3.24. The Morgan fingerprint density at radius 1 is 1.50 bits per heavy atom. The van der Waals surface area contributed by atoms with E-state index in [4.69, 9.17) is 11.5 Å². The van der Waals surface area contributed by atoms with Crippen LogP contribution in [0.5, 0.6) is 0 Å². The van der Waals surface area contributed by atoms with E-state index in [1.54, 1.807) is 16.7 Å². The first-order valence-corrected chi connectivity index (χ1v) is 9.07. The summed E-state index contributed by atoms with van der Waals surface area (Å²) in [6.45, 7) is 11.6. The molecule has 2 rings (SSSR count). The van der Waals surface area contributed by atoms with Crippen LogP contribution in [0.4, 0.5) is 4.79 Å². The molecule has 0 saturated carbocycles. The van der Waals surface area contributed by atoms with Crippen molar-refractivity contribution in [3.05, 3.63) is 0 Å². The predicted octanol–water partition coefficient (Wildman–Crippen LogP) is 1.69. The van der Waals surface area contributed by atoms with Crippen molar-refractivity contribution in [2.45, 2.75) is 50.8 Å². The number of urea groups is 1. The van der Waals surface area contributed by atoms with Crippen LogP contribution in [-0.4, -0.2) is 69.1 Å². The average molecular weight is 384 g/mol. The summed E-state index contributed by atoms with van der Waals surface area (Å²) < 4.78 is -0.0455. The molecule has 0 aromatic rings. The second-order valence-electron chi connectivity index (χ2n) is 5.53. The second-order valence-corrected chi connectivity index (χ2v) is 7.36. The lowest BCUT2D eigenvalue weighted by molar-refractivity contribution is -0.139. The van der Waals surface area contributed by atoms with Gasteiger partial charge in [0.2, 0.25) is 6.41 Å². The van der Waals surface area contributed by atoms with E-state index >= 15 is 0 Å². The average Bonchev–Trinajstić information content (AvgIpc) is 3.10. The first-order chi connectivity index (χ1) is 12.3. The number of hydrogen-bond acceptors (Lipinski definition) is 4. The molecule has 2 saturated heterocycles. The minimum absolute atomic E-state index is 0.0455. The Labute approximate surface area is 160 Å². The number of carboxylic acid groups (broad SMARTS) is 1. The number of nitrogens with zero attached hydrogens (tertiary/aromatic N) is 2. The van der Waals surface area contributed by atoms with Crippen LogP contribution in [-0.2, 0) is 9.59 Å². The molecule has 146 valence electrons. The van der Waals surface area contributed by atoms with E-state index in [1.165, 1.54) is 4.90 Å². The monoisotopic (exact) mass is 383 g/mol. The van der Waals surface area contributed by atoms with E-state index in [0.29, 0.717) is 19.6 Å². The van der Waals surface area contributed by atoms with Gasteiger partial charge in [-0.1, -0.05) is 19.8 Å². The van der Waals surface area contributed by atoms with Crippen LogP contribution in [0.15, 0.2) is 0 Å². The van der Waals surface area contributed by atoms with Crippen molar-refractivity contribution in [2.24, 2.45) is 0 Å². The first-order valence-electron chi connectivity index (χ1n) is 8.19. The molecule has 26 heavy (non-hydrogen) atoms. The molecule has 7 nitrogen and oxygen atoms in total. The number of hydrogen-bond donors (Lipinski definition) is 2. The second kappa shape index (κ2) is 13.0. The molecule has 0 spiro atoms. The van der Waals surface area contributed by atoms with Gasteiger partial charge in [0.25, 0.3) is 0 Å². The molecule has 2 atom stereocenters. The van der Waals surface area contributed by atoms with E-state index in [1.807, 2.05) is 34.6 Å². The number of carbonyl (C=O) groups is 3. The van der Waals surface area contributed by atoms with Crippen molar-refractivity contribution in [1.29, 1.82) is 0 Å². The first kappa shape index (κ1) is 25.9. The molecule has 2 fully saturated rings. The van der Waals surface area contributed by atoms with E-state index in [0.717, 1.165) is 6.41 Å². The summed E-state index contributed by atoms with van der Waals surface area (Å²) >= 11 is 1.54. The fourth-order valence-electron chi connectivity index (χ4n) is 2.18. The van der Waals surface area contributed by atoms with Crippen LogP contribution in [0.25, 0.3) is 0 Å². The van der Waals surface area contributed by atoms with Crippen LogP contribution in [0.3, 0.4) is 0 Å². The highest BCUT2D eigenvalue weighted by atomic mass is 32.2. The van der Waals surface area contributed by atoms with Crippen molar-refractivity contribution in [2.75, 3.05) is 19.6 Å². The molecule has 2 aliphatic heterocycles. The van der Waals surface area contributed by atoms with Crippen LogP contribution in [0, 0.1) is 25.2 Å². The molecule has 3 amide bonds. The lowest BCUT2D eigenvalue weighted by Gasteiger charge is -2.17. The maximum Gasteiger partial charge on any atom is 0.329 e. The highest BCUT2D eigenvalue weighted by Crippen LogP contribution is 2.42. The van der Waals surface area contributed by atoms with Gasteiger partial charge < -0.3 is 20.2 Å². The zero-order valence-electron chi connectivity index (χ0n) is 16.1. The number of rotatable bonds is 4.